The van der Waals surface area contributed by atoms with E-state index < -0.39 is 18.0 Å². The number of carboxylic acids is 1. The first-order valence-corrected chi connectivity index (χ1v) is 11.9. The molecule has 2 aliphatic rings. The molecular formula is C27H32N2O5. The predicted molar refractivity (Wildman–Crippen MR) is 128 cm³/mol. The van der Waals surface area contributed by atoms with Crippen LogP contribution < -0.4 is 5.32 Å². The van der Waals surface area contributed by atoms with Crippen LogP contribution in [0.15, 0.2) is 48.5 Å². The average Bonchev–Trinajstić information content (AvgIpc) is 3.12. The number of carbonyl (C=O) groups is 3. The van der Waals surface area contributed by atoms with Crippen molar-refractivity contribution < 1.29 is 24.2 Å². The van der Waals surface area contributed by atoms with Crippen molar-refractivity contribution in [3.05, 3.63) is 59.7 Å². The van der Waals surface area contributed by atoms with Gasteiger partial charge in [0.2, 0.25) is 5.91 Å². The largest absolute Gasteiger partial charge is 0.481 e. The highest BCUT2D eigenvalue weighted by molar-refractivity contribution is 5.81. The summed E-state index contributed by atoms with van der Waals surface area (Å²) < 4.78 is 5.61. The Morgan fingerprint density at radius 3 is 2.18 bits per heavy atom. The van der Waals surface area contributed by atoms with Crippen molar-refractivity contribution in [3.63, 3.8) is 0 Å². The Bertz CT molecular complexity index is 1020. The van der Waals surface area contributed by atoms with Gasteiger partial charge in [-0.2, -0.15) is 0 Å². The van der Waals surface area contributed by atoms with Gasteiger partial charge in [0.05, 0.1) is 11.8 Å². The molecule has 0 radical (unpaired) electrons. The number of nitrogens with zero attached hydrogens (tertiary/aromatic N) is 1. The molecule has 7 nitrogen and oxygen atoms in total. The molecule has 2 N–H and O–H groups in total. The Balaban J connectivity index is 1.35. The van der Waals surface area contributed by atoms with Crippen LogP contribution in [0.3, 0.4) is 0 Å². The number of hydrogen-bond donors (Lipinski definition) is 2. The summed E-state index contributed by atoms with van der Waals surface area (Å²) in [4.78, 5) is 38.3. The van der Waals surface area contributed by atoms with Crippen molar-refractivity contribution in [2.24, 2.45) is 17.8 Å². The molecule has 0 heterocycles. The van der Waals surface area contributed by atoms with E-state index in [9.17, 15) is 14.4 Å². The van der Waals surface area contributed by atoms with Gasteiger partial charge in [-0.25, -0.2) is 4.79 Å². The van der Waals surface area contributed by atoms with E-state index >= 15 is 0 Å². The first kappa shape index (κ1) is 23.8. The maximum Gasteiger partial charge on any atom is 0.407 e. The molecule has 2 aliphatic carbocycles. The maximum absolute atomic E-state index is 13.0. The van der Waals surface area contributed by atoms with E-state index in [2.05, 4.69) is 29.6 Å². The number of carbonyl (C=O) groups excluding carboxylic acids is 2. The van der Waals surface area contributed by atoms with Crippen LogP contribution in [0.25, 0.3) is 11.1 Å². The second kappa shape index (κ2) is 10.3. The lowest BCUT2D eigenvalue weighted by molar-refractivity contribution is -0.144. The normalized spacial score (nSPS) is 16.5. The molecule has 1 fully saturated rings. The summed E-state index contributed by atoms with van der Waals surface area (Å²) in [5, 5.41) is 11.9. The highest BCUT2D eigenvalue weighted by atomic mass is 16.5. The van der Waals surface area contributed by atoms with E-state index in [0.717, 1.165) is 30.4 Å². The number of fused-ring (bicyclic) bond motifs is 3. The van der Waals surface area contributed by atoms with Crippen LogP contribution in [-0.2, 0) is 14.3 Å². The monoisotopic (exact) mass is 464 g/mol. The lowest BCUT2D eigenvalue weighted by Crippen LogP contribution is -2.46. The molecule has 34 heavy (non-hydrogen) atoms. The molecule has 4 rings (SSSR count). The third-order valence-corrected chi connectivity index (χ3v) is 7.19. The number of nitrogens with one attached hydrogen (secondary N) is 1. The van der Waals surface area contributed by atoms with Gasteiger partial charge >= 0.3 is 12.1 Å². The lowest BCUT2D eigenvalue weighted by atomic mass is 9.75. The molecule has 2 aromatic rings. The molecule has 2 atom stereocenters. The van der Waals surface area contributed by atoms with Crippen LogP contribution in [0.4, 0.5) is 4.79 Å². The van der Waals surface area contributed by atoms with Gasteiger partial charge < -0.3 is 20.1 Å². The van der Waals surface area contributed by atoms with Crippen LogP contribution >= 0.6 is 0 Å². The minimum absolute atomic E-state index is 0.0224. The van der Waals surface area contributed by atoms with Crippen molar-refractivity contribution in [1.82, 2.24) is 10.2 Å². The zero-order valence-electron chi connectivity index (χ0n) is 19.7. The first-order valence-electron chi connectivity index (χ1n) is 11.9. The van der Waals surface area contributed by atoms with Crippen LogP contribution in [0.1, 0.15) is 43.2 Å². The SMILES string of the molecule is CC(CN(C)C(=O)C(CNC(=O)OCC1c2ccccc2-c2ccccc21)C1CCC1)C(=O)O. The fourth-order valence-electron chi connectivity index (χ4n) is 5.00. The Morgan fingerprint density at radius 1 is 1.06 bits per heavy atom. The summed E-state index contributed by atoms with van der Waals surface area (Å²) in [5.41, 5.74) is 4.63. The number of hydrogen-bond acceptors (Lipinski definition) is 4. The predicted octanol–water partition coefficient (Wildman–Crippen LogP) is 4.12. The van der Waals surface area contributed by atoms with Gasteiger partial charge in [0.1, 0.15) is 6.61 Å². The summed E-state index contributed by atoms with van der Waals surface area (Å²) in [6.07, 6.45) is 2.39. The van der Waals surface area contributed by atoms with Gasteiger partial charge in [-0.3, -0.25) is 9.59 Å². The average molecular weight is 465 g/mol. The number of rotatable bonds is 9. The van der Waals surface area contributed by atoms with Gasteiger partial charge in [-0.05, 0) is 41.0 Å². The molecule has 2 aromatic carbocycles. The molecule has 0 spiro atoms. The zero-order valence-corrected chi connectivity index (χ0v) is 19.7. The Labute approximate surface area is 200 Å². The van der Waals surface area contributed by atoms with Crippen LogP contribution in [0, 0.1) is 17.8 Å². The Hall–Kier alpha value is -3.35. The number of alkyl carbamates (subject to hydrolysis) is 1. The first-order chi connectivity index (χ1) is 16.4. The van der Waals surface area contributed by atoms with E-state index in [0.29, 0.717) is 0 Å². The smallest absolute Gasteiger partial charge is 0.407 e. The third-order valence-electron chi connectivity index (χ3n) is 7.19. The molecule has 0 aromatic heterocycles. The number of ether oxygens (including phenoxy) is 1. The van der Waals surface area contributed by atoms with E-state index in [-0.39, 0.29) is 43.4 Å². The number of amides is 2. The van der Waals surface area contributed by atoms with Crippen LogP contribution in [0.5, 0.6) is 0 Å². The van der Waals surface area contributed by atoms with Gasteiger partial charge in [0.15, 0.2) is 0 Å². The summed E-state index contributed by atoms with van der Waals surface area (Å²) in [5.74, 6) is -1.91. The fourth-order valence-corrected chi connectivity index (χ4v) is 5.00. The molecule has 1 saturated carbocycles. The van der Waals surface area contributed by atoms with Crippen molar-refractivity contribution in [2.45, 2.75) is 32.1 Å². The van der Waals surface area contributed by atoms with E-state index in [1.807, 2.05) is 24.3 Å². The summed E-state index contributed by atoms with van der Waals surface area (Å²) in [6, 6.07) is 16.3. The van der Waals surface area contributed by atoms with E-state index in [4.69, 9.17) is 9.84 Å². The molecule has 7 heteroatoms. The molecule has 180 valence electrons. The van der Waals surface area contributed by atoms with E-state index in [1.54, 1.807) is 14.0 Å². The van der Waals surface area contributed by atoms with Crippen molar-refractivity contribution >= 4 is 18.0 Å². The molecule has 2 amide bonds. The minimum atomic E-state index is -0.934. The second-order valence-corrected chi connectivity index (χ2v) is 9.46. The molecule has 0 bridgehead atoms. The van der Waals surface area contributed by atoms with E-state index in [1.165, 1.54) is 16.0 Å². The van der Waals surface area contributed by atoms with Crippen molar-refractivity contribution in [2.75, 3.05) is 26.7 Å². The third kappa shape index (κ3) is 4.93. The highest BCUT2D eigenvalue weighted by Gasteiger charge is 2.35. The highest BCUT2D eigenvalue weighted by Crippen LogP contribution is 2.44. The van der Waals surface area contributed by atoms with Gasteiger partial charge in [0.25, 0.3) is 0 Å². The van der Waals surface area contributed by atoms with Crippen LogP contribution in [0.2, 0.25) is 0 Å². The molecule has 0 saturated heterocycles. The van der Waals surface area contributed by atoms with Crippen LogP contribution in [-0.4, -0.2) is 54.7 Å². The Morgan fingerprint density at radius 2 is 1.65 bits per heavy atom. The second-order valence-electron chi connectivity index (χ2n) is 9.46. The zero-order chi connectivity index (χ0) is 24.2. The number of carboxylic acid groups (broad SMARTS) is 1. The quantitative estimate of drug-likeness (QED) is 0.582. The lowest BCUT2D eigenvalue weighted by Gasteiger charge is -2.35. The molecule has 0 aliphatic heterocycles. The summed E-state index contributed by atoms with van der Waals surface area (Å²) in [7, 11) is 1.63. The maximum atomic E-state index is 13.0. The van der Waals surface area contributed by atoms with Crippen molar-refractivity contribution in [3.8, 4) is 11.1 Å². The molecule has 2 unspecified atom stereocenters. The van der Waals surface area contributed by atoms with Gasteiger partial charge in [-0.1, -0.05) is 61.9 Å². The minimum Gasteiger partial charge on any atom is -0.481 e. The standard InChI is InChI=1S/C27H32N2O5/c1-17(26(31)32)15-29(2)25(30)23(18-8-7-9-18)14-28-27(33)34-16-24-21-12-5-3-10-19(21)20-11-4-6-13-22(20)24/h3-6,10-13,17-18,23-24H,7-9,14-16H2,1-2H3,(H,28,33)(H,31,32). The number of aliphatic carboxylic acids is 1. The summed E-state index contributed by atoms with van der Waals surface area (Å²) >= 11 is 0. The van der Waals surface area contributed by atoms with Crippen molar-refractivity contribution in [1.29, 1.82) is 0 Å². The Kier molecular flexibility index (Phi) is 7.20. The topological polar surface area (TPSA) is 95.9 Å². The summed E-state index contributed by atoms with van der Waals surface area (Å²) in [6.45, 7) is 2.13. The van der Waals surface area contributed by atoms with Gasteiger partial charge in [-0.15, -0.1) is 0 Å². The van der Waals surface area contributed by atoms with Gasteiger partial charge in [0, 0.05) is 26.1 Å². The molecular weight excluding hydrogens is 432 g/mol. The number of benzene rings is 2. The fraction of sp³-hybridized carbons (Fsp3) is 0.444.